The molecule has 138 valence electrons. The second kappa shape index (κ2) is 9.62. The van der Waals surface area contributed by atoms with Gasteiger partial charge in [0.25, 0.3) is 0 Å². The van der Waals surface area contributed by atoms with Crippen LogP contribution in [0, 0.1) is 0 Å². The number of furan rings is 1. The number of aliphatic hydroxyl groups is 1. The zero-order valence-electron chi connectivity index (χ0n) is 15.1. The van der Waals surface area contributed by atoms with Gasteiger partial charge in [0.05, 0.1) is 12.8 Å². The average Bonchev–Trinajstić information content (AvgIpc) is 3.22. The highest BCUT2D eigenvalue weighted by molar-refractivity contribution is 14.0. The molecule has 1 saturated carbocycles. The molecule has 1 fully saturated rings. The van der Waals surface area contributed by atoms with Crippen molar-refractivity contribution >= 4 is 29.9 Å². The number of hydrogen-bond acceptors (Lipinski definition) is 4. The highest BCUT2D eigenvalue weighted by Gasteiger charge is 2.29. The van der Waals surface area contributed by atoms with Crippen molar-refractivity contribution in [3.63, 3.8) is 0 Å². The summed E-state index contributed by atoms with van der Waals surface area (Å²) < 4.78 is 5.29. The van der Waals surface area contributed by atoms with E-state index in [9.17, 15) is 5.11 Å². The van der Waals surface area contributed by atoms with Crippen LogP contribution >= 0.6 is 24.0 Å². The van der Waals surface area contributed by atoms with Gasteiger partial charge in [-0.2, -0.15) is 0 Å². The Bertz CT molecular complexity index is 501. The van der Waals surface area contributed by atoms with Gasteiger partial charge >= 0.3 is 0 Å². The maximum atomic E-state index is 10.5. The summed E-state index contributed by atoms with van der Waals surface area (Å²) >= 11 is 0. The Balaban J connectivity index is 0.00000288. The molecule has 0 radical (unpaired) electrons. The van der Waals surface area contributed by atoms with E-state index in [1.807, 2.05) is 6.92 Å². The van der Waals surface area contributed by atoms with E-state index in [1.54, 1.807) is 25.3 Å². The summed E-state index contributed by atoms with van der Waals surface area (Å²) in [5.74, 6) is 1.24. The maximum absolute atomic E-state index is 10.5. The summed E-state index contributed by atoms with van der Waals surface area (Å²) in [6, 6.07) is 4.72. The molecule has 1 aromatic heterocycles. The third-order valence-electron chi connectivity index (χ3n) is 4.32. The van der Waals surface area contributed by atoms with E-state index in [2.05, 4.69) is 34.5 Å². The van der Waals surface area contributed by atoms with Gasteiger partial charge in [-0.1, -0.05) is 0 Å². The highest BCUT2D eigenvalue weighted by Crippen LogP contribution is 2.26. The van der Waals surface area contributed by atoms with Crippen molar-refractivity contribution in [2.45, 2.75) is 51.3 Å². The number of guanidine groups is 1. The third kappa shape index (κ3) is 6.25. The molecule has 6 nitrogen and oxygen atoms in total. The first kappa shape index (κ1) is 21.2. The Kier molecular flexibility index (Phi) is 8.52. The van der Waals surface area contributed by atoms with Crippen molar-refractivity contribution in [3.05, 3.63) is 24.2 Å². The molecule has 0 amide bonds. The van der Waals surface area contributed by atoms with Crippen LogP contribution < -0.4 is 10.6 Å². The molecule has 2 atom stereocenters. The Morgan fingerprint density at radius 2 is 2.21 bits per heavy atom. The number of rotatable bonds is 8. The van der Waals surface area contributed by atoms with Crippen LogP contribution in [0.1, 0.15) is 39.4 Å². The standard InChI is InChI=1S/C17H30N4O2.HI/c1-5-18-16(19-11-13(2)21(4)14-8-9-14)20-12-17(3,22)15-7-6-10-23-15;/h6-7,10,13-14,22H,5,8-9,11-12H2,1-4H3,(H2,18,19,20);1H. The van der Waals surface area contributed by atoms with Gasteiger partial charge in [0.15, 0.2) is 5.96 Å². The molecule has 1 aromatic rings. The summed E-state index contributed by atoms with van der Waals surface area (Å²) in [6.07, 6.45) is 4.17. The van der Waals surface area contributed by atoms with Crippen LogP contribution in [0.3, 0.4) is 0 Å². The first-order valence-electron chi connectivity index (χ1n) is 8.44. The molecular formula is C17H31IN4O2. The van der Waals surface area contributed by atoms with Crippen LogP contribution in [0.15, 0.2) is 27.8 Å². The van der Waals surface area contributed by atoms with E-state index in [0.717, 1.165) is 25.1 Å². The topological polar surface area (TPSA) is 73.0 Å². The van der Waals surface area contributed by atoms with Gasteiger partial charge in [-0.15, -0.1) is 24.0 Å². The molecule has 24 heavy (non-hydrogen) atoms. The molecule has 1 aliphatic rings. The molecule has 0 spiro atoms. The fourth-order valence-corrected chi connectivity index (χ4v) is 2.47. The third-order valence-corrected chi connectivity index (χ3v) is 4.32. The van der Waals surface area contributed by atoms with Gasteiger partial charge in [-0.05, 0) is 52.8 Å². The largest absolute Gasteiger partial charge is 0.466 e. The predicted molar refractivity (Wildman–Crippen MR) is 108 cm³/mol. The Hall–Kier alpha value is -0.800. The van der Waals surface area contributed by atoms with Gasteiger partial charge in [0.1, 0.15) is 11.4 Å². The Labute approximate surface area is 162 Å². The first-order chi connectivity index (χ1) is 10.9. The number of nitrogens with one attached hydrogen (secondary N) is 2. The molecule has 2 unspecified atom stereocenters. The van der Waals surface area contributed by atoms with Crippen LogP contribution in [0.25, 0.3) is 0 Å². The van der Waals surface area contributed by atoms with Crippen molar-refractivity contribution in [1.29, 1.82) is 0 Å². The van der Waals surface area contributed by atoms with Crippen LogP contribution in [0.2, 0.25) is 0 Å². The number of likely N-dealkylation sites (N-methyl/N-ethyl adjacent to an activating group) is 1. The normalized spacial score (nSPS) is 18.7. The van der Waals surface area contributed by atoms with E-state index in [1.165, 1.54) is 12.8 Å². The Morgan fingerprint density at radius 1 is 1.50 bits per heavy atom. The molecule has 1 heterocycles. The van der Waals surface area contributed by atoms with Gasteiger partial charge in [0, 0.05) is 25.2 Å². The van der Waals surface area contributed by atoms with Crippen molar-refractivity contribution in [2.75, 3.05) is 26.7 Å². The zero-order chi connectivity index (χ0) is 16.9. The summed E-state index contributed by atoms with van der Waals surface area (Å²) in [5, 5.41) is 17.0. The SMILES string of the molecule is CCNC(=NCC(C)(O)c1ccco1)NCC(C)N(C)C1CC1.I. The van der Waals surface area contributed by atoms with E-state index >= 15 is 0 Å². The molecule has 3 N–H and O–H groups in total. The van der Waals surface area contributed by atoms with Gasteiger partial charge in [0.2, 0.25) is 0 Å². The summed E-state index contributed by atoms with van der Waals surface area (Å²) in [7, 11) is 2.18. The zero-order valence-corrected chi connectivity index (χ0v) is 17.4. The molecule has 0 saturated heterocycles. The van der Waals surface area contributed by atoms with E-state index in [0.29, 0.717) is 11.8 Å². The van der Waals surface area contributed by atoms with Crippen LogP contribution in [0.4, 0.5) is 0 Å². The van der Waals surface area contributed by atoms with Gasteiger partial charge < -0.3 is 20.2 Å². The lowest BCUT2D eigenvalue weighted by molar-refractivity contribution is 0.0437. The second-order valence-corrected chi connectivity index (χ2v) is 6.57. The number of nitrogens with zero attached hydrogens (tertiary/aromatic N) is 2. The van der Waals surface area contributed by atoms with E-state index in [-0.39, 0.29) is 30.5 Å². The fourth-order valence-electron chi connectivity index (χ4n) is 2.47. The van der Waals surface area contributed by atoms with Crippen molar-refractivity contribution in [3.8, 4) is 0 Å². The molecule has 0 bridgehead atoms. The van der Waals surface area contributed by atoms with Crippen molar-refractivity contribution in [2.24, 2.45) is 4.99 Å². The van der Waals surface area contributed by atoms with Crippen LogP contribution in [-0.2, 0) is 5.60 Å². The summed E-state index contributed by atoms with van der Waals surface area (Å²) in [5.41, 5.74) is -1.11. The van der Waals surface area contributed by atoms with Gasteiger partial charge in [-0.25, -0.2) is 4.99 Å². The number of halogens is 1. The monoisotopic (exact) mass is 450 g/mol. The number of aliphatic imine (C=N–C) groups is 1. The van der Waals surface area contributed by atoms with Crippen LogP contribution in [-0.4, -0.2) is 54.7 Å². The lowest BCUT2D eigenvalue weighted by Gasteiger charge is -2.26. The lowest BCUT2D eigenvalue weighted by atomic mass is 10.0. The lowest BCUT2D eigenvalue weighted by Crippen LogP contribution is -2.46. The van der Waals surface area contributed by atoms with Crippen LogP contribution in [0.5, 0.6) is 0 Å². The minimum atomic E-state index is -1.11. The smallest absolute Gasteiger partial charge is 0.191 e. The minimum absolute atomic E-state index is 0. The molecule has 1 aliphatic carbocycles. The van der Waals surface area contributed by atoms with Crippen molar-refractivity contribution in [1.82, 2.24) is 15.5 Å². The van der Waals surface area contributed by atoms with Gasteiger partial charge in [-0.3, -0.25) is 4.90 Å². The summed E-state index contributed by atoms with van der Waals surface area (Å²) in [4.78, 5) is 6.91. The molecular weight excluding hydrogens is 419 g/mol. The Morgan fingerprint density at radius 3 is 2.75 bits per heavy atom. The average molecular weight is 450 g/mol. The maximum Gasteiger partial charge on any atom is 0.191 e. The van der Waals surface area contributed by atoms with E-state index in [4.69, 9.17) is 4.42 Å². The summed E-state index contributed by atoms with van der Waals surface area (Å²) in [6.45, 7) is 7.80. The molecule has 7 heteroatoms. The molecule has 0 aliphatic heterocycles. The van der Waals surface area contributed by atoms with E-state index < -0.39 is 5.60 Å². The van der Waals surface area contributed by atoms with Crippen molar-refractivity contribution < 1.29 is 9.52 Å². The first-order valence-corrected chi connectivity index (χ1v) is 8.44. The quantitative estimate of drug-likeness (QED) is 0.322. The highest BCUT2D eigenvalue weighted by atomic mass is 127. The second-order valence-electron chi connectivity index (χ2n) is 6.57. The minimum Gasteiger partial charge on any atom is -0.466 e. The predicted octanol–water partition coefficient (Wildman–Crippen LogP) is 2.14. The molecule has 0 aromatic carbocycles. The molecule has 2 rings (SSSR count). The number of hydrogen-bond donors (Lipinski definition) is 3. The fraction of sp³-hybridized carbons (Fsp3) is 0.706.